The van der Waals surface area contributed by atoms with Crippen LogP contribution in [-0.2, 0) is 16.6 Å². The Labute approximate surface area is 129 Å². The third kappa shape index (κ3) is 2.86. The van der Waals surface area contributed by atoms with Crippen LogP contribution in [0.15, 0.2) is 42.7 Å². The van der Waals surface area contributed by atoms with Gasteiger partial charge in [-0.25, -0.2) is 4.39 Å². The fourth-order valence-electron chi connectivity index (χ4n) is 2.79. The van der Waals surface area contributed by atoms with Gasteiger partial charge in [0.05, 0.1) is 5.41 Å². The molecule has 1 fully saturated rings. The van der Waals surface area contributed by atoms with Gasteiger partial charge in [-0.15, -0.1) is 0 Å². The molecule has 3 rings (SSSR count). The summed E-state index contributed by atoms with van der Waals surface area (Å²) in [6.45, 7) is 2.38. The van der Waals surface area contributed by atoms with Gasteiger partial charge in [0.2, 0.25) is 5.91 Å². The van der Waals surface area contributed by atoms with Crippen LogP contribution in [0.4, 0.5) is 4.39 Å². The number of carbonyl (C=O) groups is 1. The first-order valence-corrected chi connectivity index (χ1v) is 7.56. The van der Waals surface area contributed by atoms with Crippen molar-refractivity contribution in [2.24, 2.45) is 0 Å². The molecule has 1 aromatic heterocycles. The first kappa shape index (κ1) is 14.7. The van der Waals surface area contributed by atoms with Crippen LogP contribution in [0.25, 0.3) is 0 Å². The average Bonchev–Trinajstić information content (AvgIpc) is 3.33. The van der Waals surface area contributed by atoms with E-state index in [2.05, 4.69) is 10.3 Å². The number of nitrogens with zero attached hydrogens (tertiary/aromatic N) is 1. The molecule has 2 aromatic rings. The number of halogens is 1. The van der Waals surface area contributed by atoms with Crippen LogP contribution in [-0.4, -0.2) is 17.4 Å². The minimum Gasteiger partial charge on any atom is -0.355 e. The lowest BCUT2D eigenvalue weighted by atomic mass is 9.96. The van der Waals surface area contributed by atoms with Gasteiger partial charge in [0.15, 0.2) is 0 Å². The Kier molecular flexibility index (Phi) is 3.92. The van der Waals surface area contributed by atoms with Gasteiger partial charge in [-0.2, -0.15) is 0 Å². The molecule has 1 aromatic carbocycles. The predicted octanol–water partition coefficient (Wildman–Crippen LogP) is 2.92. The maximum absolute atomic E-state index is 13.7. The van der Waals surface area contributed by atoms with Crippen LogP contribution in [0.5, 0.6) is 0 Å². The lowest BCUT2D eigenvalue weighted by Crippen LogP contribution is -2.36. The zero-order valence-electron chi connectivity index (χ0n) is 12.6. The van der Waals surface area contributed by atoms with E-state index in [0.717, 1.165) is 24.0 Å². The quantitative estimate of drug-likeness (QED) is 0.922. The number of hydrogen-bond donors (Lipinski definition) is 1. The molecule has 1 amide bonds. The van der Waals surface area contributed by atoms with E-state index in [-0.39, 0.29) is 11.7 Å². The average molecular weight is 298 g/mol. The molecule has 1 N–H and O–H groups in total. The molecule has 1 aliphatic carbocycles. The van der Waals surface area contributed by atoms with Gasteiger partial charge >= 0.3 is 0 Å². The number of amides is 1. The largest absolute Gasteiger partial charge is 0.355 e. The molecule has 0 spiro atoms. The molecule has 3 nitrogen and oxygen atoms in total. The molecule has 1 aliphatic rings. The predicted molar refractivity (Wildman–Crippen MR) is 83.0 cm³/mol. The molecule has 1 heterocycles. The highest BCUT2D eigenvalue weighted by Gasteiger charge is 2.51. The minimum atomic E-state index is -0.417. The van der Waals surface area contributed by atoms with Crippen LogP contribution in [0.2, 0.25) is 0 Å². The Hall–Kier alpha value is -2.23. The Morgan fingerprint density at radius 2 is 2.18 bits per heavy atom. The van der Waals surface area contributed by atoms with E-state index in [1.165, 1.54) is 6.07 Å². The first-order valence-electron chi connectivity index (χ1n) is 7.56. The molecule has 0 unspecified atom stereocenters. The molecular weight excluding hydrogens is 279 g/mol. The van der Waals surface area contributed by atoms with E-state index in [1.807, 2.05) is 25.1 Å². The Bertz CT molecular complexity index is 681. The van der Waals surface area contributed by atoms with Crippen molar-refractivity contribution in [3.8, 4) is 0 Å². The SMILES string of the molecule is Cc1ccc(F)c(CCNC(=O)C2(c3cccnc3)CC2)c1. The standard InChI is InChI=1S/C18H19FN2O/c1-13-4-5-16(19)14(11-13)6-10-21-17(22)18(7-8-18)15-3-2-9-20-12-15/h2-5,9,11-12H,6-8,10H2,1H3,(H,21,22). The second-order valence-electron chi connectivity index (χ2n) is 5.92. The van der Waals surface area contributed by atoms with Gasteiger partial charge in [-0.3, -0.25) is 9.78 Å². The fraction of sp³-hybridized carbons (Fsp3) is 0.333. The van der Waals surface area contributed by atoms with Gasteiger partial charge in [-0.05, 0) is 49.4 Å². The zero-order chi connectivity index (χ0) is 15.6. The topological polar surface area (TPSA) is 42.0 Å². The van der Waals surface area contributed by atoms with Crippen LogP contribution < -0.4 is 5.32 Å². The molecule has 114 valence electrons. The number of aromatic nitrogens is 1. The summed E-state index contributed by atoms with van der Waals surface area (Å²) in [6, 6.07) is 8.85. The zero-order valence-corrected chi connectivity index (χ0v) is 12.6. The molecule has 0 radical (unpaired) electrons. The van der Waals surface area contributed by atoms with Gasteiger partial charge in [-0.1, -0.05) is 23.8 Å². The van der Waals surface area contributed by atoms with Gasteiger partial charge in [0.1, 0.15) is 5.82 Å². The molecular formula is C18H19FN2O. The minimum absolute atomic E-state index is 0.0218. The highest BCUT2D eigenvalue weighted by molar-refractivity contribution is 5.91. The maximum atomic E-state index is 13.7. The van der Waals surface area contributed by atoms with Crippen molar-refractivity contribution in [1.82, 2.24) is 10.3 Å². The summed E-state index contributed by atoms with van der Waals surface area (Å²) in [6.07, 6.45) is 5.67. The summed E-state index contributed by atoms with van der Waals surface area (Å²) in [5, 5.41) is 2.95. The van der Waals surface area contributed by atoms with Gasteiger partial charge < -0.3 is 5.32 Å². The lowest BCUT2D eigenvalue weighted by Gasteiger charge is -2.15. The molecule has 22 heavy (non-hydrogen) atoms. The van der Waals surface area contributed by atoms with Crippen molar-refractivity contribution in [2.45, 2.75) is 31.6 Å². The van der Waals surface area contributed by atoms with Crippen molar-refractivity contribution in [1.29, 1.82) is 0 Å². The summed E-state index contributed by atoms with van der Waals surface area (Å²) in [5.41, 5.74) is 2.22. The highest BCUT2D eigenvalue weighted by Crippen LogP contribution is 2.48. The number of aryl methyl sites for hydroxylation is 1. The van der Waals surface area contributed by atoms with E-state index < -0.39 is 5.41 Å². The van der Waals surface area contributed by atoms with E-state index in [0.29, 0.717) is 18.5 Å². The van der Waals surface area contributed by atoms with Crippen molar-refractivity contribution in [3.05, 3.63) is 65.2 Å². The monoisotopic (exact) mass is 298 g/mol. The van der Waals surface area contributed by atoms with Crippen molar-refractivity contribution in [3.63, 3.8) is 0 Å². The summed E-state index contributed by atoms with van der Waals surface area (Å²) in [7, 11) is 0. The normalized spacial score (nSPS) is 15.4. The molecule has 1 saturated carbocycles. The number of carbonyl (C=O) groups excluding carboxylic acids is 1. The maximum Gasteiger partial charge on any atom is 0.230 e. The summed E-state index contributed by atoms with van der Waals surface area (Å²) < 4.78 is 13.7. The summed E-state index contributed by atoms with van der Waals surface area (Å²) in [5.74, 6) is -0.193. The van der Waals surface area contributed by atoms with Crippen molar-refractivity contribution in [2.75, 3.05) is 6.54 Å². The van der Waals surface area contributed by atoms with Gasteiger partial charge in [0.25, 0.3) is 0 Å². The van der Waals surface area contributed by atoms with Crippen LogP contribution in [0.1, 0.15) is 29.5 Å². The third-order valence-electron chi connectivity index (χ3n) is 4.28. The van der Waals surface area contributed by atoms with Crippen LogP contribution in [0, 0.1) is 12.7 Å². The van der Waals surface area contributed by atoms with E-state index in [4.69, 9.17) is 0 Å². The fourth-order valence-corrected chi connectivity index (χ4v) is 2.79. The molecule has 4 heteroatoms. The van der Waals surface area contributed by atoms with Gasteiger partial charge in [0, 0.05) is 18.9 Å². The third-order valence-corrected chi connectivity index (χ3v) is 4.28. The van der Waals surface area contributed by atoms with Crippen molar-refractivity contribution < 1.29 is 9.18 Å². The number of pyridine rings is 1. The van der Waals surface area contributed by atoms with E-state index >= 15 is 0 Å². The highest BCUT2D eigenvalue weighted by atomic mass is 19.1. The van der Waals surface area contributed by atoms with E-state index in [1.54, 1.807) is 18.5 Å². The van der Waals surface area contributed by atoms with Crippen LogP contribution >= 0.6 is 0 Å². The second kappa shape index (κ2) is 5.87. The van der Waals surface area contributed by atoms with Crippen molar-refractivity contribution >= 4 is 5.91 Å². The Morgan fingerprint density at radius 3 is 2.86 bits per heavy atom. The molecule has 0 bridgehead atoms. The number of nitrogens with one attached hydrogen (secondary N) is 1. The number of hydrogen-bond acceptors (Lipinski definition) is 2. The summed E-state index contributed by atoms with van der Waals surface area (Å²) in [4.78, 5) is 16.5. The number of rotatable bonds is 5. The second-order valence-corrected chi connectivity index (χ2v) is 5.92. The number of benzene rings is 1. The Morgan fingerprint density at radius 1 is 1.36 bits per heavy atom. The molecule has 0 aliphatic heterocycles. The molecule has 0 saturated heterocycles. The Balaban J connectivity index is 1.60. The smallest absolute Gasteiger partial charge is 0.230 e. The van der Waals surface area contributed by atoms with E-state index in [9.17, 15) is 9.18 Å². The first-order chi connectivity index (χ1) is 10.6. The summed E-state index contributed by atoms with van der Waals surface area (Å²) >= 11 is 0. The lowest BCUT2D eigenvalue weighted by molar-refractivity contribution is -0.123. The van der Waals surface area contributed by atoms with Crippen LogP contribution in [0.3, 0.4) is 0 Å². The molecule has 0 atom stereocenters.